The first-order valence-corrected chi connectivity index (χ1v) is 8.67. The maximum absolute atomic E-state index is 15.5. The minimum Gasteiger partial charge on any atom is -0.462 e. The predicted octanol–water partition coefficient (Wildman–Crippen LogP) is 2.86. The fourth-order valence-electron chi connectivity index (χ4n) is 3.46. The number of nitrogens with two attached hydrogens (primary N) is 1. The Morgan fingerprint density at radius 1 is 1.23 bits per heavy atom. The van der Waals surface area contributed by atoms with Crippen LogP contribution in [0.2, 0.25) is 0 Å². The Labute approximate surface area is 180 Å². The lowest BCUT2D eigenvalue weighted by atomic mass is 9.78. The van der Waals surface area contributed by atoms with Gasteiger partial charge in [-0.3, -0.25) is 9.78 Å². The molecule has 2 aliphatic rings. The number of aliphatic imine (C=N–C) groups is 1. The molecule has 3 heterocycles. The van der Waals surface area contributed by atoms with E-state index in [9.17, 15) is 13.6 Å². The summed E-state index contributed by atoms with van der Waals surface area (Å²) in [4.78, 5) is 23.1. The molecule has 0 spiro atoms. The van der Waals surface area contributed by atoms with Crippen molar-refractivity contribution in [1.29, 1.82) is 0 Å². The van der Waals surface area contributed by atoms with Crippen molar-refractivity contribution in [3.05, 3.63) is 64.8 Å². The highest BCUT2D eigenvalue weighted by molar-refractivity contribution is 6.03. The molecule has 12 heteroatoms. The van der Waals surface area contributed by atoms with E-state index in [1.165, 1.54) is 12.1 Å². The van der Waals surface area contributed by atoms with E-state index in [0.29, 0.717) is 0 Å². The average Bonchev–Trinajstić information content (AvgIpc) is 3.06. The van der Waals surface area contributed by atoms with Crippen LogP contribution in [-0.4, -0.2) is 42.4 Å². The Bertz CT molecular complexity index is 1130. The Kier molecular flexibility index (Phi) is 5.80. The number of anilines is 1. The standard InChI is InChI=1S/C19H14F3N5O3.ClH/c1-24-11-5-14(21)15(25-6-11)16(28)26-10-2-3-13(20)12(4-10)19-9-29-7-18(19,22)8-30-17(23)27-19;/h2-6H,7-9H2,(H2,23,27)(H,26,28);1H/t18-,19-;/m1./s1. The number of hydrogen-bond donors (Lipinski definition) is 2. The van der Waals surface area contributed by atoms with Gasteiger partial charge in [-0.1, -0.05) is 0 Å². The van der Waals surface area contributed by atoms with Crippen molar-refractivity contribution in [1.82, 2.24) is 4.98 Å². The monoisotopic (exact) mass is 453 g/mol. The second-order valence-corrected chi connectivity index (χ2v) is 6.84. The van der Waals surface area contributed by atoms with Crippen molar-refractivity contribution in [3.8, 4) is 0 Å². The van der Waals surface area contributed by atoms with Crippen LogP contribution in [0.25, 0.3) is 4.85 Å². The summed E-state index contributed by atoms with van der Waals surface area (Å²) in [6, 6.07) is 3.99. The molecule has 162 valence electrons. The molecular weight excluding hydrogens is 439 g/mol. The lowest BCUT2D eigenvalue weighted by Crippen LogP contribution is -2.55. The second-order valence-electron chi connectivity index (χ2n) is 6.84. The van der Waals surface area contributed by atoms with E-state index in [0.717, 1.165) is 18.3 Å². The minimum absolute atomic E-state index is 0. The third-order valence-electron chi connectivity index (χ3n) is 4.97. The molecule has 1 saturated heterocycles. The summed E-state index contributed by atoms with van der Waals surface area (Å²) in [6.45, 7) is 5.71. The number of carbonyl (C=O) groups excluding carboxylic acids is 1. The number of amides is 1. The number of alkyl halides is 1. The van der Waals surface area contributed by atoms with Crippen molar-refractivity contribution in [2.24, 2.45) is 10.7 Å². The van der Waals surface area contributed by atoms with E-state index >= 15 is 4.39 Å². The smallest absolute Gasteiger partial charge is 0.283 e. The molecule has 0 aliphatic carbocycles. The van der Waals surface area contributed by atoms with Crippen LogP contribution in [0.5, 0.6) is 0 Å². The van der Waals surface area contributed by atoms with E-state index in [-0.39, 0.29) is 48.6 Å². The van der Waals surface area contributed by atoms with Crippen molar-refractivity contribution in [3.63, 3.8) is 0 Å². The molecule has 1 fully saturated rings. The topological polar surface area (TPSA) is 103 Å². The van der Waals surface area contributed by atoms with Gasteiger partial charge in [-0.25, -0.2) is 23.0 Å². The first kappa shape index (κ1) is 22.3. The van der Waals surface area contributed by atoms with Gasteiger partial charge in [-0.05, 0) is 24.3 Å². The quantitative estimate of drug-likeness (QED) is 0.696. The van der Waals surface area contributed by atoms with Crippen LogP contribution in [0.1, 0.15) is 16.1 Å². The van der Waals surface area contributed by atoms with Crippen LogP contribution in [0, 0.1) is 18.2 Å². The molecule has 0 radical (unpaired) electrons. The number of hydrogen-bond acceptors (Lipinski definition) is 6. The highest BCUT2D eigenvalue weighted by Crippen LogP contribution is 2.48. The van der Waals surface area contributed by atoms with Gasteiger partial charge >= 0.3 is 0 Å². The number of nitrogens with one attached hydrogen (secondary N) is 1. The van der Waals surface area contributed by atoms with Crippen LogP contribution in [-0.2, 0) is 15.0 Å². The van der Waals surface area contributed by atoms with Gasteiger partial charge < -0.3 is 20.5 Å². The van der Waals surface area contributed by atoms with Crippen molar-refractivity contribution in [2.75, 3.05) is 25.1 Å². The zero-order chi connectivity index (χ0) is 21.5. The minimum atomic E-state index is -2.16. The maximum atomic E-state index is 15.5. The molecule has 2 aromatic rings. The van der Waals surface area contributed by atoms with Gasteiger partial charge in [-0.2, -0.15) is 0 Å². The highest BCUT2D eigenvalue weighted by atomic mass is 35.5. The molecule has 2 atom stereocenters. The molecule has 0 saturated carbocycles. The summed E-state index contributed by atoms with van der Waals surface area (Å²) in [6.07, 6.45) is 1.05. The number of halogens is 4. The third kappa shape index (κ3) is 3.64. The number of pyridine rings is 1. The molecule has 4 rings (SSSR count). The Morgan fingerprint density at radius 3 is 2.71 bits per heavy atom. The van der Waals surface area contributed by atoms with Crippen molar-refractivity contribution < 1.29 is 27.4 Å². The van der Waals surface area contributed by atoms with E-state index in [1.807, 2.05) is 0 Å². The lowest BCUT2D eigenvalue weighted by molar-refractivity contribution is 0.00905. The number of nitrogens with zero attached hydrogens (tertiary/aromatic N) is 3. The van der Waals surface area contributed by atoms with Crippen LogP contribution in [0.4, 0.5) is 24.5 Å². The number of ether oxygens (including phenoxy) is 2. The SMILES string of the molecule is Cl.[C-]#[N+]c1cnc(C(=O)Nc2ccc(F)c([C@]34COC[C@@]3(F)COC(N)=N4)c2)c(F)c1. The molecule has 3 N–H and O–H groups in total. The third-order valence-corrected chi connectivity index (χ3v) is 4.97. The summed E-state index contributed by atoms with van der Waals surface area (Å²) in [5.74, 6) is -2.70. The summed E-state index contributed by atoms with van der Waals surface area (Å²) in [5, 5.41) is 2.38. The van der Waals surface area contributed by atoms with E-state index in [1.54, 1.807) is 0 Å². The Morgan fingerprint density at radius 2 is 2.00 bits per heavy atom. The first-order chi connectivity index (χ1) is 14.3. The number of aromatic nitrogens is 1. The van der Waals surface area contributed by atoms with Crippen molar-refractivity contribution >= 4 is 35.7 Å². The summed E-state index contributed by atoms with van der Waals surface area (Å²) >= 11 is 0. The van der Waals surface area contributed by atoms with Gasteiger partial charge in [0.1, 0.15) is 18.2 Å². The molecule has 2 aliphatic heterocycles. The molecule has 1 aromatic heterocycles. The number of benzene rings is 1. The molecule has 31 heavy (non-hydrogen) atoms. The first-order valence-electron chi connectivity index (χ1n) is 8.67. The summed E-state index contributed by atoms with van der Waals surface area (Å²) in [7, 11) is 0. The van der Waals surface area contributed by atoms with Crippen LogP contribution in [0.15, 0.2) is 35.5 Å². The number of fused-ring (bicyclic) bond motifs is 1. The van der Waals surface area contributed by atoms with Gasteiger partial charge in [-0.15, -0.1) is 12.4 Å². The summed E-state index contributed by atoms with van der Waals surface area (Å²) < 4.78 is 54.4. The largest absolute Gasteiger partial charge is 0.462 e. The van der Waals surface area contributed by atoms with E-state index < -0.39 is 41.1 Å². The van der Waals surface area contributed by atoms with E-state index in [4.69, 9.17) is 21.8 Å². The number of carbonyl (C=O) groups is 1. The van der Waals surface area contributed by atoms with Gasteiger partial charge in [0.05, 0.1) is 19.8 Å². The van der Waals surface area contributed by atoms with Crippen LogP contribution >= 0.6 is 12.4 Å². The van der Waals surface area contributed by atoms with Crippen LogP contribution < -0.4 is 11.1 Å². The Hall–Kier alpha value is -3.36. The number of rotatable bonds is 3. The predicted molar refractivity (Wildman–Crippen MR) is 106 cm³/mol. The maximum Gasteiger partial charge on any atom is 0.283 e. The zero-order valence-electron chi connectivity index (χ0n) is 15.7. The molecule has 0 unspecified atom stereocenters. The zero-order valence-corrected chi connectivity index (χ0v) is 16.5. The fraction of sp³-hybridized carbons (Fsp3) is 0.263. The Balaban J connectivity index is 0.00000272. The fourth-order valence-corrected chi connectivity index (χ4v) is 3.46. The summed E-state index contributed by atoms with van der Waals surface area (Å²) in [5.41, 5.74) is 0.886. The molecule has 1 amide bonds. The normalized spacial score (nSPS) is 24.1. The second kappa shape index (κ2) is 8.05. The molecular formula is C19H15ClF3N5O3. The van der Waals surface area contributed by atoms with Crippen molar-refractivity contribution in [2.45, 2.75) is 11.2 Å². The molecule has 0 bridgehead atoms. The van der Waals surface area contributed by atoms with Gasteiger partial charge in [0.15, 0.2) is 16.9 Å². The van der Waals surface area contributed by atoms with Crippen LogP contribution in [0.3, 0.4) is 0 Å². The molecule has 1 aromatic carbocycles. The van der Waals surface area contributed by atoms with Gasteiger partial charge in [0.2, 0.25) is 5.69 Å². The highest BCUT2D eigenvalue weighted by Gasteiger charge is 2.62. The lowest BCUT2D eigenvalue weighted by Gasteiger charge is -2.38. The van der Waals surface area contributed by atoms with Gasteiger partial charge in [0.25, 0.3) is 11.9 Å². The number of amidine groups is 1. The molecule has 8 nitrogen and oxygen atoms in total. The van der Waals surface area contributed by atoms with E-state index in [2.05, 4.69) is 20.1 Å². The average molecular weight is 454 g/mol. The van der Waals surface area contributed by atoms with Gasteiger partial charge in [0, 0.05) is 17.4 Å².